The van der Waals surface area contributed by atoms with Crippen molar-refractivity contribution in [1.29, 1.82) is 0 Å². The molecule has 378 valence electrons. The lowest BCUT2D eigenvalue weighted by atomic mass is 9.97. The van der Waals surface area contributed by atoms with Crippen molar-refractivity contribution in [2.24, 2.45) is 0 Å². The number of hydrogen-bond donors (Lipinski definition) is 0. The van der Waals surface area contributed by atoms with Crippen LogP contribution in [0.25, 0.3) is 45.5 Å². The van der Waals surface area contributed by atoms with Gasteiger partial charge in [-0.2, -0.15) is 9.31 Å². The molecule has 8 aromatic rings. The molecule has 3 aromatic heterocycles. The maximum atomic E-state index is 5.58. The molecule has 0 bridgehead atoms. The molecule has 0 amide bonds. The molecule has 0 N–H and O–H groups in total. The summed E-state index contributed by atoms with van der Waals surface area (Å²) in [5.41, 5.74) is 14.5. The Bertz CT molecular complexity index is 3620. The molecule has 6 heterocycles. The zero-order chi connectivity index (χ0) is 52.4. The highest BCUT2D eigenvalue weighted by Gasteiger charge is 2.30. The van der Waals surface area contributed by atoms with Crippen molar-refractivity contribution < 1.29 is 28.5 Å². The van der Waals surface area contributed by atoms with Crippen molar-refractivity contribution in [2.75, 3.05) is 51.3 Å². The van der Waals surface area contributed by atoms with Crippen LogP contribution in [-0.2, 0) is 0 Å². The van der Waals surface area contributed by atoms with E-state index in [0.717, 1.165) is 35.7 Å². The summed E-state index contributed by atoms with van der Waals surface area (Å²) in [5, 5.41) is 6.30. The van der Waals surface area contributed by atoms with E-state index in [0.29, 0.717) is 0 Å². The Hall–Kier alpha value is -7.99. The molecule has 0 saturated heterocycles. The highest BCUT2D eigenvalue weighted by molar-refractivity contribution is 8.04. The van der Waals surface area contributed by atoms with Crippen molar-refractivity contribution in [3.63, 3.8) is 0 Å². The first kappa shape index (κ1) is 51.9. The summed E-state index contributed by atoms with van der Waals surface area (Å²) in [5.74, 6) is 0. The van der Waals surface area contributed by atoms with Gasteiger partial charge in [-0.3, -0.25) is 9.68 Å². The van der Waals surface area contributed by atoms with E-state index in [4.69, 9.17) is 14.5 Å². The minimum absolute atomic E-state index is 0.942. The van der Waals surface area contributed by atoms with Crippen molar-refractivity contribution in [1.82, 2.24) is 4.73 Å². The Morgan fingerprint density at radius 3 is 1.87 bits per heavy atom. The Balaban J connectivity index is 0.000000139. The number of nitrogens with zero attached hydrogens (tertiary/aromatic N) is 6. The molecule has 0 atom stereocenters. The summed E-state index contributed by atoms with van der Waals surface area (Å²) >= 11 is 3.64. The van der Waals surface area contributed by atoms with Crippen LogP contribution in [0.15, 0.2) is 214 Å². The summed E-state index contributed by atoms with van der Waals surface area (Å²) in [7, 11) is 7.18. The molecule has 0 unspecified atom stereocenters. The van der Waals surface area contributed by atoms with Crippen molar-refractivity contribution in [3.05, 3.63) is 232 Å². The first-order chi connectivity index (χ1) is 36.7. The van der Waals surface area contributed by atoms with E-state index < -0.39 is 0 Å². The average molecular weight is 1030 g/mol. The predicted octanol–water partition coefficient (Wildman–Crippen LogP) is 13.4. The van der Waals surface area contributed by atoms with Crippen LogP contribution >= 0.6 is 23.5 Å². The van der Waals surface area contributed by atoms with E-state index in [-0.39, 0.29) is 0 Å². The molecule has 9 nitrogen and oxygen atoms in total. The third-order valence-corrected chi connectivity index (χ3v) is 15.8. The Labute approximate surface area is 450 Å². The van der Waals surface area contributed by atoms with Gasteiger partial charge in [-0.05, 0) is 93.3 Å². The number of aromatic nitrogens is 3. The quantitative estimate of drug-likeness (QED) is 0.120. The van der Waals surface area contributed by atoms with Crippen LogP contribution in [0.3, 0.4) is 0 Å². The molecule has 11 rings (SSSR count). The topological polar surface area (TPSA) is 49.9 Å². The van der Waals surface area contributed by atoms with Crippen molar-refractivity contribution in [3.8, 4) is 0 Å². The largest absolute Gasteiger partial charge is 0.417 e. The lowest BCUT2D eigenvalue weighted by Crippen LogP contribution is -2.42. The van der Waals surface area contributed by atoms with Gasteiger partial charge in [-0.1, -0.05) is 121 Å². The fourth-order valence-electron chi connectivity index (χ4n) is 9.87. The maximum Gasteiger partial charge on any atom is 0.257 e. The molecule has 75 heavy (non-hydrogen) atoms. The van der Waals surface area contributed by atoms with Gasteiger partial charge in [0, 0.05) is 98.1 Å². The Morgan fingerprint density at radius 2 is 1.19 bits per heavy atom. The molecule has 0 saturated carbocycles. The molecular formula is C64H65N6O3S2+3. The van der Waals surface area contributed by atoms with E-state index in [1.165, 1.54) is 81.1 Å². The number of hydrogen-bond acceptors (Lipinski definition) is 7. The van der Waals surface area contributed by atoms with Crippen LogP contribution in [0.4, 0.5) is 17.1 Å². The number of allylic oxidation sites excluding steroid dienone is 7. The smallest absolute Gasteiger partial charge is 0.257 e. The first-order valence-electron chi connectivity index (χ1n) is 25.3. The van der Waals surface area contributed by atoms with Gasteiger partial charge < -0.3 is 14.6 Å². The maximum absolute atomic E-state index is 5.58. The van der Waals surface area contributed by atoms with Crippen molar-refractivity contribution in [2.45, 2.75) is 44.4 Å². The van der Waals surface area contributed by atoms with E-state index >= 15 is 0 Å². The van der Waals surface area contributed by atoms with Crippen LogP contribution in [0.1, 0.15) is 55.9 Å². The second kappa shape index (κ2) is 23.9. The number of thioether (sulfide) groups is 2. The molecular weight excluding hydrogens is 965 g/mol. The zero-order valence-electron chi connectivity index (χ0n) is 44.3. The Morgan fingerprint density at radius 1 is 0.600 bits per heavy atom. The molecule has 0 radical (unpaired) electrons. The van der Waals surface area contributed by atoms with Crippen LogP contribution in [0.2, 0.25) is 0 Å². The highest BCUT2D eigenvalue weighted by Crippen LogP contribution is 2.49. The van der Waals surface area contributed by atoms with Crippen LogP contribution in [-0.4, -0.2) is 56.5 Å². The lowest BCUT2D eigenvalue weighted by molar-refractivity contribution is -0.886. The molecule has 0 fully saturated rings. The van der Waals surface area contributed by atoms with Gasteiger partial charge in [0.2, 0.25) is 18.1 Å². The summed E-state index contributed by atoms with van der Waals surface area (Å²) in [4.78, 5) is 23.6. The van der Waals surface area contributed by atoms with E-state index in [9.17, 15) is 0 Å². The zero-order valence-corrected chi connectivity index (χ0v) is 45.9. The van der Waals surface area contributed by atoms with Gasteiger partial charge in [-0.15, -0.1) is 0 Å². The molecule has 0 spiro atoms. The number of rotatable bonds is 11. The normalized spacial score (nSPS) is 15.5. The number of para-hydroxylation sites is 3. The molecule has 3 aliphatic rings. The van der Waals surface area contributed by atoms with Crippen LogP contribution in [0, 0.1) is 6.92 Å². The summed E-state index contributed by atoms with van der Waals surface area (Å²) in [6.07, 6.45) is 20.8. The first-order valence-corrected chi connectivity index (χ1v) is 26.9. The van der Waals surface area contributed by atoms with Crippen molar-refractivity contribution >= 4 is 91.8 Å². The minimum Gasteiger partial charge on any atom is -0.417 e. The third-order valence-electron chi connectivity index (χ3n) is 13.6. The van der Waals surface area contributed by atoms with Gasteiger partial charge in [0.1, 0.15) is 28.4 Å². The monoisotopic (exact) mass is 1030 g/mol. The lowest BCUT2D eigenvalue weighted by Gasteiger charge is -2.19. The SMILES string of the molecule is CCN1/C(=C/C=C/c2cccc[n+]2OC)Sc2ccc3ccccc3c21.CCN1/C(=C/C=C/c2cccc[n+]2OC)Sc2ccccc21.COn1c(C)c(/C=C/C(C)=C2/C(C)=[N+](C)c3ccccc32)c2ccccc21. The molecule has 0 aliphatic carbocycles. The van der Waals surface area contributed by atoms with Crippen LogP contribution in [0.5, 0.6) is 0 Å². The van der Waals surface area contributed by atoms with Gasteiger partial charge in [-0.25, -0.2) is 0 Å². The van der Waals surface area contributed by atoms with Gasteiger partial charge in [0.25, 0.3) is 11.4 Å². The summed E-state index contributed by atoms with van der Waals surface area (Å²) < 4.78 is 7.65. The van der Waals surface area contributed by atoms with Gasteiger partial charge >= 0.3 is 0 Å². The highest BCUT2D eigenvalue weighted by atomic mass is 32.2. The fourth-order valence-corrected chi connectivity index (χ4v) is 12.2. The summed E-state index contributed by atoms with van der Waals surface area (Å²) in [6, 6.07) is 50.5. The minimum atomic E-state index is 0.942. The molecule has 11 heteroatoms. The predicted molar refractivity (Wildman–Crippen MR) is 314 cm³/mol. The summed E-state index contributed by atoms with van der Waals surface area (Å²) in [6.45, 7) is 12.8. The number of fused-ring (bicyclic) bond motifs is 6. The second-order valence-electron chi connectivity index (χ2n) is 17.8. The number of benzene rings is 5. The fraction of sp³-hybridized carbons (Fsp3) is 0.172. The van der Waals surface area contributed by atoms with E-state index in [1.54, 1.807) is 30.8 Å². The van der Waals surface area contributed by atoms with Gasteiger partial charge in [0.05, 0.1) is 43.8 Å². The molecule has 3 aliphatic heterocycles. The standard InChI is InChI=1S/C24H25N2O.C22H21N2OS.C18H19N2OS/c1-16(24-18(3)25(4)22-12-8-7-11-21(22)24)14-15-19-17(2)26(27-5)23-13-9-6-10-20(19)23;1-3-23-21(13-8-11-18-10-6-7-16-24(18)25-2)26-20-15-14-17-9-4-5-12-19(17)22(20)23;1-3-19-16-11-4-5-12-17(16)22-18(19)13-8-10-15-9-6-7-14-20(15)21-2/h6-15H,1-5H3;4-16H,3H2,1-2H3;4-14H,3H2,1-2H3/q3*+1. The number of anilines is 2. The average Bonchev–Trinajstić information content (AvgIpc) is 4.18. The van der Waals surface area contributed by atoms with Gasteiger partial charge in [0.15, 0.2) is 5.71 Å². The van der Waals surface area contributed by atoms with E-state index in [1.807, 2.05) is 89.2 Å². The number of pyridine rings is 2. The third kappa shape index (κ3) is 10.8. The molecule has 5 aromatic carbocycles. The van der Waals surface area contributed by atoms with Crippen LogP contribution < -0.4 is 33.8 Å². The van der Waals surface area contributed by atoms with E-state index in [2.05, 4.69) is 202 Å². The Kier molecular flexibility index (Phi) is 16.5. The second-order valence-corrected chi connectivity index (χ2v) is 20.0.